The Hall–Kier alpha value is -1.27. The molecular weight excluding hydrogens is 280 g/mol. The summed E-state index contributed by atoms with van der Waals surface area (Å²) in [6, 6.07) is 12.6. The molecule has 0 saturated carbocycles. The maximum Gasteiger partial charge on any atom is 0.242 e. The van der Waals surface area contributed by atoms with Crippen LogP contribution in [0.4, 0.5) is 0 Å². The molecule has 0 aliphatic rings. The third-order valence-electron chi connectivity index (χ3n) is 2.63. The highest BCUT2D eigenvalue weighted by atomic mass is 28.4. The molecule has 0 spiro atoms. The van der Waals surface area contributed by atoms with E-state index in [1.807, 2.05) is 0 Å². The zero-order valence-corrected chi connectivity index (χ0v) is 15.3. The van der Waals surface area contributed by atoms with Gasteiger partial charge in [0, 0.05) is 0 Å². The highest BCUT2D eigenvalue weighted by Crippen LogP contribution is 2.27. The second-order valence-electron chi connectivity index (χ2n) is 7.10. The Bertz CT molecular complexity index is 555. The van der Waals surface area contributed by atoms with Crippen LogP contribution in [0, 0.1) is 0 Å². The molecule has 0 bridgehead atoms. The molecule has 0 fully saturated rings. The molecule has 4 heteroatoms. The number of benzene rings is 2. The van der Waals surface area contributed by atoms with Crippen LogP contribution >= 0.6 is 0 Å². The van der Waals surface area contributed by atoms with Gasteiger partial charge in [-0.2, -0.15) is 0 Å². The SMILES string of the molecule is C[Si](C)(C)Oc1ccc2cc(O[Si](C)(C)C)ccc2c1. The van der Waals surface area contributed by atoms with Crippen molar-refractivity contribution in [1.82, 2.24) is 0 Å². The van der Waals surface area contributed by atoms with E-state index in [-0.39, 0.29) is 0 Å². The molecule has 0 N–H and O–H groups in total. The lowest BCUT2D eigenvalue weighted by Crippen LogP contribution is -2.29. The molecule has 2 aromatic carbocycles. The summed E-state index contributed by atoms with van der Waals surface area (Å²) in [5, 5.41) is 2.40. The first-order valence-corrected chi connectivity index (χ1v) is 13.9. The largest absolute Gasteiger partial charge is 0.544 e. The lowest BCUT2D eigenvalue weighted by Gasteiger charge is -2.21. The maximum atomic E-state index is 6.04. The van der Waals surface area contributed by atoms with Gasteiger partial charge in [0.15, 0.2) is 0 Å². The van der Waals surface area contributed by atoms with Crippen LogP contribution in [0.1, 0.15) is 0 Å². The fourth-order valence-corrected chi connectivity index (χ4v) is 3.70. The third kappa shape index (κ3) is 4.39. The van der Waals surface area contributed by atoms with Gasteiger partial charge in [0.25, 0.3) is 0 Å². The average molecular weight is 305 g/mol. The van der Waals surface area contributed by atoms with E-state index in [0.717, 1.165) is 11.5 Å². The van der Waals surface area contributed by atoms with Gasteiger partial charge in [0.05, 0.1) is 0 Å². The van der Waals surface area contributed by atoms with E-state index >= 15 is 0 Å². The van der Waals surface area contributed by atoms with Crippen LogP contribution in [0.5, 0.6) is 11.5 Å². The summed E-state index contributed by atoms with van der Waals surface area (Å²) in [5.74, 6) is 1.94. The van der Waals surface area contributed by atoms with Crippen molar-refractivity contribution >= 4 is 27.4 Å². The van der Waals surface area contributed by atoms with Crippen LogP contribution in [0.3, 0.4) is 0 Å². The summed E-state index contributed by atoms with van der Waals surface area (Å²) in [4.78, 5) is 0. The van der Waals surface area contributed by atoms with E-state index < -0.39 is 16.6 Å². The Labute approximate surface area is 124 Å². The quantitative estimate of drug-likeness (QED) is 0.717. The predicted molar refractivity (Wildman–Crippen MR) is 91.9 cm³/mol. The second-order valence-corrected chi connectivity index (χ2v) is 16.0. The molecule has 0 aliphatic heterocycles. The Morgan fingerprint density at radius 1 is 0.600 bits per heavy atom. The molecule has 0 atom stereocenters. The van der Waals surface area contributed by atoms with Gasteiger partial charge in [-0.3, -0.25) is 0 Å². The van der Waals surface area contributed by atoms with Crippen molar-refractivity contribution in [2.45, 2.75) is 39.3 Å². The molecule has 108 valence electrons. The first kappa shape index (κ1) is 15.1. The minimum absolute atomic E-state index is 0.968. The predicted octanol–water partition coefficient (Wildman–Crippen LogP) is 5.27. The first-order valence-electron chi connectivity index (χ1n) is 7.04. The molecule has 0 saturated heterocycles. The monoisotopic (exact) mass is 304 g/mol. The van der Waals surface area contributed by atoms with Crippen molar-refractivity contribution in [2.75, 3.05) is 0 Å². The Morgan fingerprint density at radius 2 is 0.950 bits per heavy atom. The van der Waals surface area contributed by atoms with Gasteiger partial charge in [-0.1, -0.05) is 12.1 Å². The van der Waals surface area contributed by atoms with E-state index in [1.54, 1.807) is 0 Å². The second kappa shape index (κ2) is 5.26. The Balaban J connectivity index is 2.30. The molecule has 0 heterocycles. The molecule has 2 rings (SSSR count). The molecule has 0 amide bonds. The zero-order valence-electron chi connectivity index (χ0n) is 13.3. The van der Waals surface area contributed by atoms with E-state index in [1.165, 1.54) is 10.8 Å². The fraction of sp³-hybridized carbons (Fsp3) is 0.375. The smallest absolute Gasteiger partial charge is 0.242 e. The van der Waals surface area contributed by atoms with E-state index in [4.69, 9.17) is 8.85 Å². The zero-order chi connectivity index (χ0) is 15.0. The summed E-state index contributed by atoms with van der Waals surface area (Å²) >= 11 is 0. The standard InChI is InChI=1S/C16H24O2Si2/c1-19(2,3)17-15-9-7-14-12-16(18-20(4,5)6)10-8-13(14)11-15/h7-12H,1-6H3. The van der Waals surface area contributed by atoms with Gasteiger partial charge in [-0.25, -0.2) is 0 Å². The van der Waals surface area contributed by atoms with Crippen LogP contribution in [0.25, 0.3) is 10.8 Å². The van der Waals surface area contributed by atoms with Gasteiger partial charge in [-0.05, 0) is 74.3 Å². The minimum atomic E-state index is -1.55. The molecule has 2 nitrogen and oxygen atoms in total. The fourth-order valence-electron chi connectivity index (χ4n) is 2.04. The lowest BCUT2D eigenvalue weighted by atomic mass is 10.1. The molecule has 0 unspecified atom stereocenters. The Morgan fingerprint density at radius 3 is 1.25 bits per heavy atom. The van der Waals surface area contributed by atoms with E-state index in [2.05, 4.69) is 75.7 Å². The van der Waals surface area contributed by atoms with Crippen molar-refractivity contribution in [1.29, 1.82) is 0 Å². The van der Waals surface area contributed by atoms with Gasteiger partial charge in [-0.15, -0.1) is 0 Å². The average Bonchev–Trinajstić information content (AvgIpc) is 2.25. The normalized spacial score (nSPS) is 12.5. The summed E-state index contributed by atoms with van der Waals surface area (Å²) in [5.41, 5.74) is 0. The van der Waals surface area contributed by atoms with Crippen LogP contribution in [-0.4, -0.2) is 16.6 Å². The van der Waals surface area contributed by atoms with Crippen molar-refractivity contribution < 1.29 is 8.85 Å². The van der Waals surface area contributed by atoms with E-state index in [9.17, 15) is 0 Å². The van der Waals surface area contributed by atoms with Crippen LogP contribution in [-0.2, 0) is 0 Å². The highest BCUT2D eigenvalue weighted by molar-refractivity contribution is 6.70. The van der Waals surface area contributed by atoms with Crippen molar-refractivity contribution in [3.63, 3.8) is 0 Å². The Kier molecular flexibility index (Phi) is 3.98. The van der Waals surface area contributed by atoms with Crippen LogP contribution in [0.2, 0.25) is 39.3 Å². The molecule has 20 heavy (non-hydrogen) atoms. The molecule has 0 radical (unpaired) electrons. The van der Waals surface area contributed by atoms with Crippen molar-refractivity contribution in [2.24, 2.45) is 0 Å². The number of rotatable bonds is 4. The van der Waals surface area contributed by atoms with Gasteiger partial charge in [0.1, 0.15) is 11.5 Å². The van der Waals surface area contributed by atoms with Gasteiger partial charge < -0.3 is 8.85 Å². The molecule has 0 aromatic heterocycles. The summed E-state index contributed by atoms with van der Waals surface area (Å²) in [7, 11) is -3.09. The number of hydrogen-bond donors (Lipinski definition) is 0. The van der Waals surface area contributed by atoms with Crippen LogP contribution in [0.15, 0.2) is 36.4 Å². The molecule has 0 aliphatic carbocycles. The summed E-state index contributed by atoms with van der Waals surface area (Å²) in [6.07, 6.45) is 0. The third-order valence-corrected chi connectivity index (χ3v) is 4.33. The van der Waals surface area contributed by atoms with Crippen molar-refractivity contribution in [3.05, 3.63) is 36.4 Å². The first-order chi connectivity index (χ1) is 9.12. The summed E-state index contributed by atoms with van der Waals surface area (Å²) < 4.78 is 12.1. The minimum Gasteiger partial charge on any atom is -0.544 e. The molecule has 2 aromatic rings. The lowest BCUT2D eigenvalue weighted by molar-refractivity contribution is 0.556. The maximum absolute atomic E-state index is 6.04. The number of fused-ring (bicyclic) bond motifs is 1. The van der Waals surface area contributed by atoms with Gasteiger partial charge >= 0.3 is 0 Å². The topological polar surface area (TPSA) is 18.5 Å². The molecular formula is C16H24O2Si2. The summed E-state index contributed by atoms with van der Waals surface area (Å²) in [6.45, 7) is 13.2. The van der Waals surface area contributed by atoms with E-state index in [0.29, 0.717) is 0 Å². The van der Waals surface area contributed by atoms with Crippen LogP contribution < -0.4 is 8.85 Å². The van der Waals surface area contributed by atoms with Crippen molar-refractivity contribution in [3.8, 4) is 11.5 Å². The van der Waals surface area contributed by atoms with Gasteiger partial charge in [0.2, 0.25) is 16.6 Å². The number of hydrogen-bond acceptors (Lipinski definition) is 2. The highest BCUT2D eigenvalue weighted by Gasteiger charge is 2.17.